The number of hydrogen-bond acceptors (Lipinski definition) is 3. The highest BCUT2D eigenvalue weighted by atomic mass is 35.5. The normalized spacial score (nSPS) is 15.6. The number of anilines is 1. The van der Waals surface area contributed by atoms with Crippen molar-refractivity contribution in [1.82, 2.24) is 0 Å². The first-order valence-corrected chi connectivity index (χ1v) is 7.65. The Kier molecular flexibility index (Phi) is 4.37. The first kappa shape index (κ1) is 16.9. The standard InChI is InChI=1S/C18H12ClFN2O3/c1-10-14(8-11-3-2-4-12(20)7-11)17(23)22(21-10)13-5-6-16(19)15(9-13)18(24)25/h2-9H,1H3,(H,24,25). The number of carbonyl (C=O) groups excluding carboxylic acids is 1. The van der Waals surface area contributed by atoms with Gasteiger partial charge in [0.1, 0.15) is 5.82 Å². The third kappa shape index (κ3) is 3.29. The number of hydrogen-bond donors (Lipinski definition) is 1. The summed E-state index contributed by atoms with van der Waals surface area (Å²) in [6.45, 7) is 1.65. The van der Waals surface area contributed by atoms with Crippen LogP contribution in [0.3, 0.4) is 0 Å². The summed E-state index contributed by atoms with van der Waals surface area (Å²) in [7, 11) is 0. The number of halogens is 2. The summed E-state index contributed by atoms with van der Waals surface area (Å²) in [6, 6.07) is 10.0. The minimum absolute atomic E-state index is 0.0686. The van der Waals surface area contributed by atoms with Crippen LogP contribution in [0.25, 0.3) is 6.08 Å². The van der Waals surface area contributed by atoms with Crippen LogP contribution in [0.2, 0.25) is 5.02 Å². The molecule has 1 aliphatic rings. The molecule has 0 spiro atoms. The van der Waals surface area contributed by atoms with Crippen LogP contribution in [0.1, 0.15) is 22.8 Å². The van der Waals surface area contributed by atoms with Crippen LogP contribution >= 0.6 is 11.6 Å². The Labute approximate surface area is 147 Å². The highest BCUT2D eigenvalue weighted by Gasteiger charge is 2.29. The molecule has 0 bridgehead atoms. The molecule has 0 aromatic heterocycles. The van der Waals surface area contributed by atoms with Crippen LogP contribution in [0.15, 0.2) is 53.1 Å². The number of carboxylic acid groups (broad SMARTS) is 1. The first-order chi connectivity index (χ1) is 11.9. The van der Waals surface area contributed by atoms with Crippen LogP contribution < -0.4 is 5.01 Å². The van der Waals surface area contributed by atoms with E-state index in [4.69, 9.17) is 16.7 Å². The van der Waals surface area contributed by atoms with Crippen LogP contribution in [0.4, 0.5) is 10.1 Å². The number of aromatic carboxylic acids is 1. The van der Waals surface area contributed by atoms with E-state index in [0.29, 0.717) is 16.8 Å². The molecule has 2 aromatic carbocycles. The van der Waals surface area contributed by atoms with Gasteiger partial charge in [0.25, 0.3) is 5.91 Å². The van der Waals surface area contributed by atoms with Gasteiger partial charge in [0.15, 0.2) is 0 Å². The highest BCUT2D eigenvalue weighted by Crippen LogP contribution is 2.28. The largest absolute Gasteiger partial charge is 0.478 e. The van der Waals surface area contributed by atoms with Crippen LogP contribution in [-0.4, -0.2) is 22.7 Å². The predicted molar refractivity (Wildman–Crippen MR) is 93.4 cm³/mol. The number of carbonyl (C=O) groups is 2. The molecule has 0 unspecified atom stereocenters. The van der Waals surface area contributed by atoms with E-state index in [-0.39, 0.29) is 16.3 Å². The van der Waals surface area contributed by atoms with Gasteiger partial charge in [-0.25, -0.2) is 9.18 Å². The third-order valence-corrected chi connectivity index (χ3v) is 3.98. The van der Waals surface area contributed by atoms with E-state index in [2.05, 4.69) is 5.10 Å². The van der Waals surface area contributed by atoms with Crippen molar-refractivity contribution in [2.75, 3.05) is 5.01 Å². The minimum Gasteiger partial charge on any atom is -0.478 e. The Bertz CT molecular complexity index is 953. The molecule has 0 atom stereocenters. The molecule has 0 saturated carbocycles. The topological polar surface area (TPSA) is 70.0 Å². The predicted octanol–water partition coefficient (Wildman–Crippen LogP) is 3.98. The molecule has 1 heterocycles. The van der Waals surface area contributed by atoms with Gasteiger partial charge in [-0.1, -0.05) is 23.7 Å². The SMILES string of the molecule is CC1=NN(c2ccc(Cl)c(C(=O)O)c2)C(=O)C1=Cc1cccc(F)c1. The van der Waals surface area contributed by atoms with Crippen molar-refractivity contribution in [3.8, 4) is 0 Å². The van der Waals surface area contributed by atoms with Crippen molar-refractivity contribution in [2.45, 2.75) is 6.92 Å². The van der Waals surface area contributed by atoms with E-state index in [0.717, 1.165) is 5.01 Å². The number of benzene rings is 2. The molecular weight excluding hydrogens is 347 g/mol. The summed E-state index contributed by atoms with van der Waals surface area (Å²) in [6.07, 6.45) is 1.54. The number of nitrogens with zero attached hydrogens (tertiary/aromatic N) is 2. The fourth-order valence-electron chi connectivity index (χ4n) is 2.43. The van der Waals surface area contributed by atoms with Gasteiger partial charge in [-0.05, 0) is 48.9 Å². The zero-order valence-electron chi connectivity index (χ0n) is 13.0. The average Bonchev–Trinajstić information content (AvgIpc) is 2.83. The van der Waals surface area contributed by atoms with Crippen molar-refractivity contribution < 1.29 is 19.1 Å². The number of rotatable bonds is 3. The summed E-state index contributed by atoms with van der Waals surface area (Å²) in [4.78, 5) is 23.8. The number of amides is 1. The maximum absolute atomic E-state index is 13.3. The maximum atomic E-state index is 13.3. The summed E-state index contributed by atoms with van der Waals surface area (Å²) >= 11 is 5.85. The van der Waals surface area contributed by atoms with E-state index in [1.54, 1.807) is 19.1 Å². The van der Waals surface area contributed by atoms with Gasteiger partial charge in [-0.3, -0.25) is 4.79 Å². The molecule has 0 saturated heterocycles. The Morgan fingerprint density at radius 3 is 2.72 bits per heavy atom. The summed E-state index contributed by atoms with van der Waals surface area (Å²) in [5.74, 6) is -2.04. The van der Waals surface area contributed by atoms with Gasteiger partial charge >= 0.3 is 5.97 Å². The Morgan fingerprint density at radius 1 is 1.28 bits per heavy atom. The zero-order chi connectivity index (χ0) is 18.1. The second kappa shape index (κ2) is 6.49. The quantitative estimate of drug-likeness (QED) is 0.843. The molecule has 0 aliphatic carbocycles. The highest BCUT2D eigenvalue weighted by molar-refractivity contribution is 6.34. The molecule has 3 rings (SSSR count). The van der Waals surface area contributed by atoms with Crippen molar-refractivity contribution in [2.24, 2.45) is 5.10 Å². The Balaban J connectivity index is 1.98. The minimum atomic E-state index is -1.20. The van der Waals surface area contributed by atoms with Gasteiger partial charge in [0, 0.05) is 0 Å². The molecular formula is C18H12ClFN2O3. The van der Waals surface area contributed by atoms with Gasteiger partial charge in [-0.2, -0.15) is 10.1 Å². The summed E-state index contributed by atoms with van der Waals surface area (Å²) in [5.41, 5.74) is 1.44. The fourth-order valence-corrected chi connectivity index (χ4v) is 2.63. The Hall–Kier alpha value is -2.99. The van der Waals surface area contributed by atoms with Gasteiger partial charge in [-0.15, -0.1) is 0 Å². The van der Waals surface area contributed by atoms with Gasteiger partial charge in [0.05, 0.1) is 27.6 Å². The third-order valence-electron chi connectivity index (χ3n) is 3.65. The van der Waals surface area contributed by atoms with E-state index in [1.807, 2.05) is 0 Å². The van der Waals surface area contributed by atoms with Gasteiger partial charge < -0.3 is 5.11 Å². The van der Waals surface area contributed by atoms with Crippen molar-refractivity contribution in [3.63, 3.8) is 0 Å². The van der Waals surface area contributed by atoms with Crippen LogP contribution in [0.5, 0.6) is 0 Å². The van der Waals surface area contributed by atoms with Gasteiger partial charge in [0.2, 0.25) is 0 Å². The molecule has 1 N–H and O–H groups in total. The van der Waals surface area contributed by atoms with E-state index >= 15 is 0 Å². The Morgan fingerprint density at radius 2 is 2.04 bits per heavy atom. The lowest BCUT2D eigenvalue weighted by Gasteiger charge is -2.13. The average molecular weight is 359 g/mol. The van der Waals surface area contributed by atoms with E-state index < -0.39 is 17.7 Å². The lowest BCUT2D eigenvalue weighted by Crippen LogP contribution is -2.21. The van der Waals surface area contributed by atoms with Crippen molar-refractivity contribution in [1.29, 1.82) is 0 Å². The molecule has 126 valence electrons. The lowest BCUT2D eigenvalue weighted by atomic mass is 10.1. The molecule has 1 amide bonds. The first-order valence-electron chi connectivity index (χ1n) is 7.27. The number of carboxylic acids is 1. The zero-order valence-corrected chi connectivity index (χ0v) is 13.8. The van der Waals surface area contributed by atoms with Crippen molar-refractivity contribution in [3.05, 3.63) is 70.0 Å². The molecule has 0 radical (unpaired) electrons. The smallest absolute Gasteiger partial charge is 0.337 e. The second-order valence-electron chi connectivity index (χ2n) is 5.38. The van der Waals surface area contributed by atoms with Crippen molar-refractivity contribution >= 4 is 41.0 Å². The molecule has 7 heteroatoms. The molecule has 25 heavy (non-hydrogen) atoms. The monoisotopic (exact) mass is 358 g/mol. The second-order valence-corrected chi connectivity index (χ2v) is 5.79. The van der Waals surface area contributed by atoms with E-state index in [1.165, 1.54) is 36.4 Å². The fraction of sp³-hybridized carbons (Fsp3) is 0.0556. The summed E-state index contributed by atoms with van der Waals surface area (Å²) in [5, 5.41) is 14.5. The van der Waals surface area contributed by atoms with Crippen LogP contribution in [-0.2, 0) is 4.79 Å². The molecule has 2 aromatic rings. The van der Waals surface area contributed by atoms with E-state index in [9.17, 15) is 14.0 Å². The molecule has 0 fully saturated rings. The molecule has 1 aliphatic heterocycles. The molecule has 5 nitrogen and oxygen atoms in total. The van der Waals surface area contributed by atoms with Crippen LogP contribution in [0, 0.1) is 5.82 Å². The summed E-state index contributed by atoms with van der Waals surface area (Å²) < 4.78 is 13.3. The maximum Gasteiger partial charge on any atom is 0.337 e. The number of hydrazone groups is 1. The lowest BCUT2D eigenvalue weighted by molar-refractivity contribution is -0.114.